The van der Waals surface area contributed by atoms with E-state index in [1.807, 2.05) is 6.07 Å². The molecule has 1 atom stereocenters. The van der Waals surface area contributed by atoms with Crippen LogP contribution in [0.15, 0.2) is 24.3 Å². The highest BCUT2D eigenvalue weighted by Crippen LogP contribution is 2.18. The summed E-state index contributed by atoms with van der Waals surface area (Å²) in [5.41, 5.74) is 8.41. The highest BCUT2D eigenvalue weighted by molar-refractivity contribution is 5.75. The first-order chi connectivity index (χ1) is 8.76. The summed E-state index contributed by atoms with van der Waals surface area (Å²) in [6.07, 6.45) is 4.43. The maximum atomic E-state index is 6.10. The lowest BCUT2D eigenvalue weighted by Crippen LogP contribution is -2.26. The Hall–Kier alpha value is -1.35. The molecule has 0 aliphatic heterocycles. The number of para-hydroxylation sites is 2. The fourth-order valence-corrected chi connectivity index (χ4v) is 2.22. The highest BCUT2D eigenvalue weighted by Gasteiger charge is 2.11. The van der Waals surface area contributed by atoms with Crippen molar-refractivity contribution < 1.29 is 0 Å². The minimum Gasteiger partial charge on any atom is -0.326 e. The molecule has 0 aliphatic carbocycles. The summed E-state index contributed by atoms with van der Waals surface area (Å²) in [5, 5.41) is 0. The van der Waals surface area contributed by atoms with E-state index in [4.69, 9.17) is 10.7 Å². The van der Waals surface area contributed by atoms with Crippen LogP contribution in [0.2, 0.25) is 0 Å². The van der Waals surface area contributed by atoms with Gasteiger partial charge in [-0.2, -0.15) is 0 Å². The Labute approximate surface area is 109 Å². The molecule has 2 aromatic rings. The van der Waals surface area contributed by atoms with Gasteiger partial charge in [-0.25, -0.2) is 4.98 Å². The molecule has 3 heteroatoms. The van der Waals surface area contributed by atoms with E-state index in [0.717, 1.165) is 24.9 Å². The van der Waals surface area contributed by atoms with E-state index >= 15 is 0 Å². The maximum absolute atomic E-state index is 6.10. The smallest absolute Gasteiger partial charge is 0.109 e. The number of nitrogens with zero attached hydrogens (tertiary/aromatic N) is 2. The molecule has 3 nitrogen and oxygen atoms in total. The van der Waals surface area contributed by atoms with E-state index in [1.165, 1.54) is 24.2 Å². The molecule has 0 fully saturated rings. The number of nitrogens with two attached hydrogens (primary N) is 1. The number of hydrogen-bond donors (Lipinski definition) is 1. The highest BCUT2D eigenvalue weighted by atomic mass is 15.1. The first-order valence-electron chi connectivity index (χ1n) is 6.96. The van der Waals surface area contributed by atoms with Crippen LogP contribution in [0.5, 0.6) is 0 Å². The van der Waals surface area contributed by atoms with Crippen LogP contribution >= 0.6 is 0 Å². The molecule has 0 saturated carbocycles. The van der Waals surface area contributed by atoms with Crippen molar-refractivity contribution in [3.63, 3.8) is 0 Å². The quantitative estimate of drug-likeness (QED) is 0.849. The summed E-state index contributed by atoms with van der Waals surface area (Å²) in [5.74, 6) is 1.18. The molecule has 0 radical (unpaired) electrons. The van der Waals surface area contributed by atoms with Crippen molar-refractivity contribution in [1.82, 2.24) is 9.55 Å². The topological polar surface area (TPSA) is 43.8 Å². The molecule has 0 spiro atoms. The van der Waals surface area contributed by atoms with Crippen LogP contribution in [0.1, 0.15) is 38.9 Å². The first kappa shape index (κ1) is 13.1. The minimum atomic E-state index is 0.211. The Balaban J connectivity index is 2.37. The van der Waals surface area contributed by atoms with Gasteiger partial charge in [-0.1, -0.05) is 32.4 Å². The molecule has 0 aliphatic rings. The van der Waals surface area contributed by atoms with Crippen LogP contribution < -0.4 is 5.73 Å². The number of imidazole rings is 1. The number of hydrogen-bond acceptors (Lipinski definition) is 2. The molecular weight excluding hydrogens is 222 g/mol. The van der Waals surface area contributed by atoms with Gasteiger partial charge in [0.25, 0.3) is 0 Å². The molecule has 2 rings (SSSR count). The van der Waals surface area contributed by atoms with Crippen LogP contribution in [0, 0.1) is 0 Å². The predicted molar refractivity (Wildman–Crippen MR) is 76.6 cm³/mol. The lowest BCUT2D eigenvalue weighted by Gasteiger charge is -2.13. The SMILES string of the molecule is CCCCc1nc2ccccc2n1CC(N)CC. The summed E-state index contributed by atoms with van der Waals surface area (Å²) in [6, 6.07) is 8.55. The van der Waals surface area contributed by atoms with Gasteiger partial charge in [-0.3, -0.25) is 0 Å². The Kier molecular flexibility index (Phi) is 4.37. The van der Waals surface area contributed by atoms with Crippen molar-refractivity contribution in [2.45, 2.75) is 52.1 Å². The van der Waals surface area contributed by atoms with Gasteiger partial charge in [-0.05, 0) is 25.0 Å². The fraction of sp³-hybridized carbons (Fsp3) is 0.533. The maximum Gasteiger partial charge on any atom is 0.109 e. The molecule has 0 saturated heterocycles. The Bertz CT molecular complexity index is 501. The zero-order chi connectivity index (χ0) is 13.0. The minimum absolute atomic E-state index is 0.211. The van der Waals surface area contributed by atoms with Crippen molar-refractivity contribution in [1.29, 1.82) is 0 Å². The summed E-state index contributed by atoms with van der Waals surface area (Å²) >= 11 is 0. The van der Waals surface area contributed by atoms with Gasteiger partial charge < -0.3 is 10.3 Å². The van der Waals surface area contributed by atoms with Crippen molar-refractivity contribution in [3.8, 4) is 0 Å². The van der Waals surface area contributed by atoms with Gasteiger partial charge >= 0.3 is 0 Å². The third kappa shape index (κ3) is 2.72. The lowest BCUT2D eigenvalue weighted by atomic mass is 10.2. The van der Waals surface area contributed by atoms with Crippen molar-refractivity contribution in [2.75, 3.05) is 0 Å². The number of rotatable bonds is 6. The van der Waals surface area contributed by atoms with Crippen LogP contribution in [0.3, 0.4) is 0 Å². The molecule has 98 valence electrons. The fourth-order valence-electron chi connectivity index (χ4n) is 2.22. The van der Waals surface area contributed by atoms with Crippen LogP contribution in [-0.2, 0) is 13.0 Å². The second kappa shape index (κ2) is 6.01. The molecule has 0 bridgehead atoms. The molecule has 2 N–H and O–H groups in total. The number of aromatic nitrogens is 2. The van der Waals surface area contributed by atoms with Crippen molar-refractivity contribution >= 4 is 11.0 Å². The molecule has 0 amide bonds. The zero-order valence-corrected chi connectivity index (χ0v) is 11.4. The number of unbranched alkanes of at least 4 members (excludes halogenated alkanes) is 1. The largest absolute Gasteiger partial charge is 0.326 e. The molecule has 1 aromatic heterocycles. The van der Waals surface area contributed by atoms with Crippen LogP contribution in [0.4, 0.5) is 0 Å². The molecule has 18 heavy (non-hydrogen) atoms. The Morgan fingerprint density at radius 1 is 1.28 bits per heavy atom. The Morgan fingerprint density at radius 3 is 2.78 bits per heavy atom. The summed E-state index contributed by atoms with van der Waals surface area (Å²) in [4.78, 5) is 4.74. The van der Waals surface area contributed by atoms with Gasteiger partial charge in [-0.15, -0.1) is 0 Å². The zero-order valence-electron chi connectivity index (χ0n) is 11.4. The summed E-state index contributed by atoms with van der Waals surface area (Å²) < 4.78 is 2.30. The first-order valence-corrected chi connectivity index (χ1v) is 6.96. The standard InChI is InChI=1S/C15H23N3/c1-3-5-10-15-17-13-8-6-7-9-14(13)18(15)11-12(16)4-2/h6-9,12H,3-5,10-11,16H2,1-2H3. The molecular formula is C15H23N3. The van der Waals surface area contributed by atoms with E-state index in [9.17, 15) is 0 Å². The average Bonchev–Trinajstić information content (AvgIpc) is 2.74. The van der Waals surface area contributed by atoms with Gasteiger partial charge in [0.05, 0.1) is 11.0 Å². The summed E-state index contributed by atoms with van der Waals surface area (Å²) in [6.45, 7) is 5.22. The second-order valence-corrected chi connectivity index (χ2v) is 4.90. The van der Waals surface area contributed by atoms with E-state index in [1.54, 1.807) is 0 Å². The predicted octanol–water partition coefficient (Wildman–Crippen LogP) is 3.12. The number of fused-ring (bicyclic) bond motifs is 1. The van der Waals surface area contributed by atoms with Crippen LogP contribution in [0.25, 0.3) is 11.0 Å². The second-order valence-electron chi connectivity index (χ2n) is 4.90. The van der Waals surface area contributed by atoms with Crippen molar-refractivity contribution in [3.05, 3.63) is 30.1 Å². The third-order valence-electron chi connectivity index (χ3n) is 3.43. The molecule has 1 unspecified atom stereocenters. The van der Waals surface area contributed by atoms with E-state index in [-0.39, 0.29) is 6.04 Å². The van der Waals surface area contributed by atoms with Gasteiger partial charge in [0.1, 0.15) is 5.82 Å². The molecule has 1 aromatic carbocycles. The third-order valence-corrected chi connectivity index (χ3v) is 3.43. The average molecular weight is 245 g/mol. The van der Waals surface area contributed by atoms with E-state index in [2.05, 4.69) is 36.6 Å². The Morgan fingerprint density at radius 2 is 2.06 bits per heavy atom. The van der Waals surface area contributed by atoms with Crippen molar-refractivity contribution in [2.24, 2.45) is 5.73 Å². The monoisotopic (exact) mass is 245 g/mol. The molecule has 1 heterocycles. The summed E-state index contributed by atoms with van der Waals surface area (Å²) in [7, 11) is 0. The van der Waals surface area contributed by atoms with Gasteiger partial charge in [0.2, 0.25) is 0 Å². The number of benzene rings is 1. The van der Waals surface area contributed by atoms with Gasteiger partial charge in [0, 0.05) is 19.0 Å². The number of aryl methyl sites for hydroxylation is 1. The van der Waals surface area contributed by atoms with Crippen LogP contribution in [-0.4, -0.2) is 15.6 Å². The lowest BCUT2D eigenvalue weighted by molar-refractivity contribution is 0.528. The van der Waals surface area contributed by atoms with Gasteiger partial charge in [0.15, 0.2) is 0 Å². The normalized spacial score (nSPS) is 13.1. The van der Waals surface area contributed by atoms with E-state index < -0.39 is 0 Å². The van der Waals surface area contributed by atoms with E-state index in [0.29, 0.717) is 0 Å².